The highest BCUT2D eigenvalue weighted by molar-refractivity contribution is 5.55. The highest BCUT2D eigenvalue weighted by Crippen LogP contribution is 2.37. The molecule has 1 aromatic carbocycles. The molecule has 0 atom stereocenters. The fraction of sp³-hybridized carbons (Fsp3) is 0.786. The predicted octanol–water partition coefficient (Wildman–Crippen LogP) is 9.02. The second-order valence-electron chi connectivity index (χ2n) is 9.07. The molecule has 1 heteroatoms. The molecule has 1 rings (SSSR count). The van der Waals surface area contributed by atoms with Crippen molar-refractivity contribution in [2.75, 3.05) is 0 Å². The normalized spacial score (nSPS) is 11.3. The Bertz CT molecular complexity index is 558. The lowest BCUT2D eigenvalue weighted by atomic mass is 9.83. The molecule has 0 amide bonds. The molecule has 0 aromatic heterocycles. The quantitative estimate of drug-likeness (QED) is 0.258. The van der Waals surface area contributed by atoms with Crippen LogP contribution in [-0.4, -0.2) is 5.11 Å². The van der Waals surface area contributed by atoms with E-state index in [1.807, 2.05) is 0 Å². The highest BCUT2D eigenvalue weighted by Gasteiger charge is 2.20. The van der Waals surface area contributed by atoms with E-state index in [2.05, 4.69) is 34.6 Å². The summed E-state index contributed by atoms with van der Waals surface area (Å²) in [6.07, 6.45) is 21.0. The van der Waals surface area contributed by atoms with Gasteiger partial charge in [0.05, 0.1) is 0 Å². The van der Waals surface area contributed by atoms with E-state index in [0.29, 0.717) is 5.75 Å². The third-order valence-electron chi connectivity index (χ3n) is 6.55. The van der Waals surface area contributed by atoms with Crippen LogP contribution in [0.3, 0.4) is 0 Å². The van der Waals surface area contributed by atoms with Crippen molar-refractivity contribution in [3.05, 3.63) is 27.8 Å². The van der Waals surface area contributed by atoms with Gasteiger partial charge in [-0.3, -0.25) is 0 Å². The smallest absolute Gasteiger partial charge is 0.122 e. The molecule has 0 aliphatic rings. The number of phenols is 1. The summed E-state index contributed by atoms with van der Waals surface area (Å²) in [6, 6.07) is 0. The van der Waals surface area contributed by atoms with Gasteiger partial charge in [0.15, 0.2) is 0 Å². The Balaban J connectivity index is 3.13. The van der Waals surface area contributed by atoms with Crippen LogP contribution in [0.25, 0.3) is 0 Å². The van der Waals surface area contributed by atoms with Crippen molar-refractivity contribution in [3.63, 3.8) is 0 Å². The Morgan fingerprint density at radius 1 is 0.448 bits per heavy atom. The maximum Gasteiger partial charge on any atom is 0.122 e. The van der Waals surface area contributed by atoms with E-state index >= 15 is 0 Å². The number of aromatic hydroxyl groups is 1. The lowest BCUT2D eigenvalue weighted by Crippen LogP contribution is -2.08. The Hall–Kier alpha value is -0.980. The number of rotatable bonds is 17. The average Bonchev–Trinajstić information content (AvgIpc) is 2.72. The van der Waals surface area contributed by atoms with Crippen LogP contribution in [0.1, 0.15) is 139 Å². The lowest BCUT2D eigenvalue weighted by Gasteiger charge is -2.23. The minimum atomic E-state index is 0.673. The number of phenolic OH excluding ortho intramolecular Hbond substituents is 1. The first-order valence-corrected chi connectivity index (χ1v) is 13.0. The SMILES string of the molecule is CCCCCCCc1c(C)c(CCC)c(CCCC)c(O)c1CCCCCCC. The standard InChI is InChI=1S/C28H50O/c1-6-10-13-15-17-21-25-23(5)24(19-9-4)26(20-12-8-3)28(29)27(25)22-18-16-14-11-7-2/h29H,6-22H2,1-5H3. The molecule has 0 saturated carbocycles. The molecular formula is C28H50O. The van der Waals surface area contributed by atoms with Gasteiger partial charge in [-0.25, -0.2) is 0 Å². The monoisotopic (exact) mass is 402 g/mol. The van der Waals surface area contributed by atoms with Crippen LogP contribution in [0.15, 0.2) is 0 Å². The van der Waals surface area contributed by atoms with Crippen molar-refractivity contribution in [2.45, 2.75) is 144 Å². The van der Waals surface area contributed by atoms with Gasteiger partial charge in [-0.2, -0.15) is 0 Å². The summed E-state index contributed by atoms with van der Waals surface area (Å²) >= 11 is 0. The van der Waals surface area contributed by atoms with Crippen LogP contribution < -0.4 is 0 Å². The molecule has 0 spiro atoms. The van der Waals surface area contributed by atoms with Gasteiger partial charge < -0.3 is 5.11 Å². The highest BCUT2D eigenvalue weighted by atomic mass is 16.3. The Morgan fingerprint density at radius 2 is 0.862 bits per heavy atom. The minimum absolute atomic E-state index is 0.673. The lowest BCUT2D eigenvalue weighted by molar-refractivity contribution is 0.454. The van der Waals surface area contributed by atoms with Crippen molar-refractivity contribution in [3.8, 4) is 5.75 Å². The molecule has 168 valence electrons. The van der Waals surface area contributed by atoms with Crippen molar-refractivity contribution in [1.82, 2.24) is 0 Å². The van der Waals surface area contributed by atoms with E-state index in [1.165, 1.54) is 105 Å². The van der Waals surface area contributed by atoms with Gasteiger partial charge in [0.2, 0.25) is 0 Å². The van der Waals surface area contributed by atoms with Gasteiger partial charge in [-0.1, -0.05) is 91.9 Å². The van der Waals surface area contributed by atoms with Crippen LogP contribution in [0.2, 0.25) is 0 Å². The molecule has 1 nitrogen and oxygen atoms in total. The molecule has 0 aliphatic carbocycles. The van der Waals surface area contributed by atoms with Gasteiger partial charge in [0, 0.05) is 0 Å². The van der Waals surface area contributed by atoms with Crippen LogP contribution in [0, 0.1) is 6.92 Å². The van der Waals surface area contributed by atoms with Gasteiger partial charge >= 0.3 is 0 Å². The topological polar surface area (TPSA) is 20.2 Å². The first-order valence-electron chi connectivity index (χ1n) is 13.0. The molecule has 0 heterocycles. The maximum absolute atomic E-state index is 11.4. The van der Waals surface area contributed by atoms with Crippen LogP contribution in [0.4, 0.5) is 0 Å². The van der Waals surface area contributed by atoms with Crippen LogP contribution in [0.5, 0.6) is 5.75 Å². The zero-order valence-corrected chi connectivity index (χ0v) is 20.5. The Kier molecular flexibility index (Phi) is 14.2. The summed E-state index contributed by atoms with van der Waals surface area (Å²) in [6.45, 7) is 11.4. The second kappa shape index (κ2) is 15.8. The van der Waals surface area contributed by atoms with Crippen LogP contribution >= 0.6 is 0 Å². The molecule has 1 aromatic rings. The largest absolute Gasteiger partial charge is 0.507 e. The average molecular weight is 403 g/mol. The van der Waals surface area contributed by atoms with E-state index < -0.39 is 0 Å². The third-order valence-corrected chi connectivity index (χ3v) is 6.55. The summed E-state index contributed by atoms with van der Waals surface area (Å²) in [5.74, 6) is 0.673. The first kappa shape index (κ1) is 26.1. The van der Waals surface area contributed by atoms with E-state index in [1.54, 1.807) is 0 Å². The second-order valence-corrected chi connectivity index (χ2v) is 9.07. The maximum atomic E-state index is 11.4. The summed E-state index contributed by atoms with van der Waals surface area (Å²) < 4.78 is 0. The van der Waals surface area contributed by atoms with E-state index in [4.69, 9.17) is 0 Å². The minimum Gasteiger partial charge on any atom is -0.507 e. The zero-order valence-electron chi connectivity index (χ0n) is 20.5. The van der Waals surface area contributed by atoms with Gasteiger partial charge in [-0.15, -0.1) is 0 Å². The van der Waals surface area contributed by atoms with Crippen LogP contribution in [-0.2, 0) is 25.7 Å². The molecule has 0 aliphatic heterocycles. The molecule has 0 fully saturated rings. The fourth-order valence-electron chi connectivity index (χ4n) is 4.73. The van der Waals surface area contributed by atoms with Gasteiger partial charge in [0.25, 0.3) is 0 Å². The molecule has 29 heavy (non-hydrogen) atoms. The molecule has 0 unspecified atom stereocenters. The zero-order chi connectivity index (χ0) is 21.5. The Morgan fingerprint density at radius 3 is 1.34 bits per heavy atom. The van der Waals surface area contributed by atoms with E-state index in [-0.39, 0.29) is 0 Å². The van der Waals surface area contributed by atoms with Crippen molar-refractivity contribution >= 4 is 0 Å². The molecule has 0 radical (unpaired) electrons. The number of unbranched alkanes of at least 4 members (excludes halogenated alkanes) is 9. The van der Waals surface area contributed by atoms with E-state index in [0.717, 1.165) is 32.1 Å². The van der Waals surface area contributed by atoms with Crippen molar-refractivity contribution in [1.29, 1.82) is 0 Å². The Labute approximate surface area is 182 Å². The molecular weight excluding hydrogens is 352 g/mol. The molecule has 1 N–H and O–H groups in total. The predicted molar refractivity (Wildman–Crippen MR) is 130 cm³/mol. The van der Waals surface area contributed by atoms with Crippen molar-refractivity contribution < 1.29 is 5.11 Å². The number of hydrogen-bond donors (Lipinski definition) is 1. The summed E-state index contributed by atoms with van der Waals surface area (Å²) in [7, 11) is 0. The summed E-state index contributed by atoms with van der Waals surface area (Å²) in [4.78, 5) is 0. The van der Waals surface area contributed by atoms with E-state index in [9.17, 15) is 5.11 Å². The molecule has 0 saturated heterocycles. The summed E-state index contributed by atoms with van der Waals surface area (Å²) in [5.41, 5.74) is 7.06. The first-order chi connectivity index (χ1) is 14.1. The van der Waals surface area contributed by atoms with Gasteiger partial charge in [0.1, 0.15) is 5.75 Å². The number of hydrogen-bond acceptors (Lipinski definition) is 1. The fourth-order valence-corrected chi connectivity index (χ4v) is 4.73. The summed E-state index contributed by atoms with van der Waals surface area (Å²) in [5, 5.41) is 11.4. The number of benzene rings is 1. The van der Waals surface area contributed by atoms with Crippen molar-refractivity contribution in [2.24, 2.45) is 0 Å². The van der Waals surface area contributed by atoms with Gasteiger partial charge in [-0.05, 0) is 79.7 Å². The molecule has 0 bridgehead atoms. The third kappa shape index (κ3) is 8.73.